The van der Waals surface area contributed by atoms with Crippen LogP contribution in [0.2, 0.25) is 0 Å². The number of benzene rings is 2. The van der Waals surface area contributed by atoms with Crippen LogP contribution < -0.4 is 11.2 Å². The lowest BCUT2D eigenvalue weighted by Crippen LogP contribution is -2.34. The highest BCUT2D eigenvalue weighted by atomic mass is 19.1. The normalized spacial score (nSPS) is 10.8. The van der Waals surface area contributed by atoms with Crippen molar-refractivity contribution in [2.45, 2.75) is 6.42 Å². The monoisotopic (exact) mass is 333 g/mol. The van der Waals surface area contributed by atoms with E-state index in [1.54, 1.807) is 0 Å². The van der Waals surface area contributed by atoms with Crippen LogP contribution in [0.15, 0.2) is 52.1 Å². The van der Waals surface area contributed by atoms with E-state index in [0.29, 0.717) is 4.68 Å². The van der Waals surface area contributed by atoms with Gasteiger partial charge in [-0.2, -0.15) is 9.78 Å². The minimum Gasteiger partial charge on any atom is -0.271 e. The van der Waals surface area contributed by atoms with Crippen LogP contribution in [0.1, 0.15) is 11.3 Å². The maximum Gasteiger partial charge on any atom is 0.349 e. The fourth-order valence-corrected chi connectivity index (χ4v) is 2.20. The molecular weight excluding hydrogens is 323 g/mol. The molecule has 0 amide bonds. The Kier molecular flexibility index (Phi) is 4.03. The molecule has 3 aromatic rings. The first-order valence-electron chi connectivity index (χ1n) is 6.87. The summed E-state index contributed by atoms with van der Waals surface area (Å²) in [6.07, 6.45) is -0.484. The van der Waals surface area contributed by atoms with E-state index in [0.717, 1.165) is 18.2 Å². The summed E-state index contributed by atoms with van der Waals surface area (Å²) in [5.74, 6) is -2.43. The Bertz CT molecular complexity index is 1010. The predicted molar refractivity (Wildman–Crippen MR) is 79.6 cm³/mol. The highest BCUT2D eigenvalue weighted by Gasteiger charge is 2.16. The van der Waals surface area contributed by atoms with Gasteiger partial charge in [-0.25, -0.2) is 18.0 Å². The molecule has 0 aliphatic heterocycles. The van der Waals surface area contributed by atoms with E-state index < -0.39 is 35.1 Å². The number of aromatic amines is 1. The first-order chi connectivity index (χ1) is 11.5. The number of halogens is 3. The van der Waals surface area contributed by atoms with E-state index >= 15 is 0 Å². The SMILES string of the molecule is O=c1[nH]c(=O)n(-c2ccccc2F)nc1Cc1c(F)cccc1F. The largest absolute Gasteiger partial charge is 0.349 e. The molecule has 0 aliphatic rings. The molecule has 1 heterocycles. The van der Waals surface area contributed by atoms with E-state index in [4.69, 9.17) is 0 Å². The fourth-order valence-electron chi connectivity index (χ4n) is 2.20. The topological polar surface area (TPSA) is 67.8 Å². The standard InChI is InChI=1S/C16H10F3N3O2/c17-10-5-3-6-11(18)9(10)8-13-15(23)20-16(24)22(21-13)14-7-2-1-4-12(14)19/h1-7H,8H2,(H,20,23,24). The summed E-state index contributed by atoms with van der Waals surface area (Å²) in [5.41, 5.74) is -2.72. The molecule has 5 nitrogen and oxygen atoms in total. The number of hydrogen-bond acceptors (Lipinski definition) is 3. The molecule has 3 rings (SSSR count). The minimum atomic E-state index is -0.956. The van der Waals surface area contributed by atoms with Gasteiger partial charge in [-0.1, -0.05) is 18.2 Å². The summed E-state index contributed by atoms with van der Waals surface area (Å²) < 4.78 is 41.9. The molecule has 0 aliphatic carbocycles. The van der Waals surface area contributed by atoms with Crippen molar-refractivity contribution >= 4 is 0 Å². The number of hydrogen-bond donors (Lipinski definition) is 1. The molecule has 122 valence electrons. The second kappa shape index (κ2) is 6.15. The van der Waals surface area contributed by atoms with E-state index in [1.165, 1.54) is 24.3 Å². The van der Waals surface area contributed by atoms with E-state index in [9.17, 15) is 22.8 Å². The molecule has 0 bridgehead atoms. The van der Waals surface area contributed by atoms with Crippen LogP contribution in [0.5, 0.6) is 0 Å². The number of rotatable bonds is 3. The lowest BCUT2D eigenvalue weighted by atomic mass is 10.1. The average molecular weight is 333 g/mol. The van der Waals surface area contributed by atoms with Gasteiger partial charge in [0.25, 0.3) is 5.56 Å². The Hall–Kier alpha value is -3.16. The molecule has 0 saturated heterocycles. The van der Waals surface area contributed by atoms with Crippen molar-refractivity contribution < 1.29 is 13.2 Å². The molecule has 24 heavy (non-hydrogen) atoms. The Balaban J connectivity index is 2.14. The van der Waals surface area contributed by atoms with Gasteiger partial charge in [-0.15, -0.1) is 0 Å². The van der Waals surface area contributed by atoms with Crippen LogP contribution in [-0.2, 0) is 6.42 Å². The predicted octanol–water partition coefficient (Wildman–Crippen LogP) is 1.93. The smallest absolute Gasteiger partial charge is 0.271 e. The molecule has 0 saturated carbocycles. The Morgan fingerprint density at radius 2 is 1.54 bits per heavy atom. The lowest BCUT2D eigenvalue weighted by Gasteiger charge is -2.08. The third-order valence-corrected chi connectivity index (χ3v) is 3.38. The van der Waals surface area contributed by atoms with E-state index in [-0.39, 0.29) is 16.9 Å². The summed E-state index contributed by atoms with van der Waals surface area (Å²) in [4.78, 5) is 25.7. The summed E-state index contributed by atoms with van der Waals surface area (Å²) in [7, 11) is 0. The Morgan fingerprint density at radius 1 is 0.917 bits per heavy atom. The Labute approximate surface area is 133 Å². The third-order valence-electron chi connectivity index (χ3n) is 3.38. The highest BCUT2D eigenvalue weighted by Crippen LogP contribution is 2.15. The van der Waals surface area contributed by atoms with Gasteiger partial charge in [-0.3, -0.25) is 9.78 Å². The molecule has 0 atom stereocenters. The lowest BCUT2D eigenvalue weighted by molar-refractivity contribution is 0.556. The van der Waals surface area contributed by atoms with Crippen molar-refractivity contribution in [1.82, 2.24) is 14.8 Å². The van der Waals surface area contributed by atoms with E-state index in [2.05, 4.69) is 5.10 Å². The first kappa shape index (κ1) is 15.7. The zero-order chi connectivity index (χ0) is 17.3. The zero-order valence-electron chi connectivity index (χ0n) is 12.1. The second-order valence-corrected chi connectivity index (χ2v) is 4.95. The number of aromatic nitrogens is 3. The zero-order valence-corrected chi connectivity index (χ0v) is 12.1. The van der Waals surface area contributed by atoms with Gasteiger partial charge in [0.05, 0.1) is 0 Å². The van der Waals surface area contributed by atoms with Crippen molar-refractivity contribution in [3.63, 3.8) is 0 Å². The third kappa shape index (κ3) is 2.85. The van der Waals surface area contributed by atoms with Gasteiger partial charge in [-0.05, 0) is 24.3 Å². The summed E-state index contributed by atoms with van der Waals surface area (Å²) in [5, 5.41) is 3.77. The van der Waals surface area contributed by atoms with Gasteiger partial charge >= 0.3 is 5.69 Å². The average Bonchev–Trinajstić information content (AvgIpc) is 2.54. The van der Waals surface area contributed by atoms with Crippen LogP contribution >= 0.6 is 0 Å². The van der Waals surface area contributed by atoms with Gasteiger partial charge in [0.2, 0.25) is 0 Å². The van der Waals surface area contributed by atoms with E-state index in [1.807, 2.05) is 4.98 Å². The molecule has 0 radical (unpaired) electrons. The van der Waals surface area contributed by atoms with Gasteiger partial charge in [0, 0.05) is 12.0 Å². The second-order valence-electron chi connectivity index (χ2n) is 4.95. The number of para-hydroxylation sites is 1. The van der Waals surface area contributed by atoms with Crippen molar-refractivity contribution in [2.75, 3.05) is 0 Å². The van der Waals surface area contributed by atoms with Crippen LogP contribution in [0.3, 0.4) is 0 Å². The molecule has 8 heteroatoms. The van der Waals surface area contributed by atoms with Gasteiger partial charge in [0.15, 0.2) is 0 Å². The minimum absolute atomic E-state index is 0.186. The van der Waals surface area contributed by atoms with Crippen molar-refractivity contribution in [1.29, 1.82) is 0 Å². The molecule has 2 aromatic carbocycles. The molecule has 0 fully saturated rings. The van der Waals surface area contributed by atoms with Crippen LogP contribution in [0, 0.1) is 17.5 Å². The van der Waals surface area contributed by atoms with Crippen LogP contribution in [0.25, 0.3) is 5.69 Å². The van der Waals surface area contributed by atoms with Crippen molar-refractivity contribution in [3.05, 3.63) is 92.0 Å². The first-order valence-corrected chi connectivity index (χ1v) is 6.87. The van der Waals surface area contributed by atoms with Gasteiger partial charge in [0.1, 0.15) is 28.8 Å². The fraction of sp³-hybridized carbons (Fsp3) is 0.0625. The quantitative estimate of drug-likeness (QED) is 0.796. The summed E-state index contributed by atoms with van der Waals surface area (Å²) in [6.45, 7) is 0. The molecule has 1 aromatic heterocycles. The number of H-pyrrole nitrogens is 1. The number of nitrogens with one attached hydrogen (secondary N) is 1. The molecule has 1 N–H and O–H groups in total. The summed E-state index contributed by atoms with van der Waals surface area (Å²) in [6, 6.07) is 8.57. The van der Waals surface area contributed by atoms with Crippen LogP contribution in [-0.4, -0.2) is 14.8 Å². The highest BCUT2D eigenvalue weighted by molar-refractivity contribution is 5.32. The van der Waals surface area contributed by atoms with Gasteiger partial charge < -0.3 is 0 Å². The van der Waals surface area contributed by atoms with Crippen LogP contribution in [0.4, 0.5) is 13.2 Å². The van der Waals surface area contributed by atoms with Crippen molar-refractivity contribution in [3.8, 4) is 5.69 Å². The molecule has 0 unspecified atom stereocenters. The van der Waals surface area contributed by atoms with Crippen molar-refractivity contribution in [2.24, 2.45) is 0 Å². The summed E-state index contributed by atoms with van der Waals surface area (Å²) >= 11 is 0. The number of nitrogens with zero attached hydrogens (tertiary/aromatic N) is 2. The molecule has 0 spiro atoms. The maximum atomic E-state index is 13.8. The Morgan fingerprint density at radius 3 is 2.21 bits per heavy atom. The maximum absolute atomic E-state index is 13.8. The molecular formula is C16H10F3N3O2.